The van der Waals surface area contributed by atoms with Gasteiger partial charge >= 0.3 is 0 Å². The van der Waals surface area contributed by atoms with Crippen LogP contribution in [0.25, 0.3) is 0 Å². The number of benzene rings is 2. The highest BCUT2D eigenvalue weighted by atomic mass is 19.1. The standard InChI is InChI=1S/C15H16F2N2/c1-19(10-11-2-4-13(16)5-3-11)15-7-12(9-18)6-14(17)8-15/h2-8H,9-10,18H2,1H3. The predicted octanol–water partition coefficient (Wildman–Crippen LogP) is 3.06. The Morgan fingerprint density at radius 2 is 1.63 bits per heavy atom. The number of rotatable bonds is 4. The molecule has 100 valence electrons. The van der Waals surface area contributed by atoms with Crippen LogP contribution < -0.4 is 10.6 Å². The highest BCUT2D eigenvalue weighted by molar-refractivity contribution is 5.49. The molecule has 2 rings (SSSR count). The first kappa shape index (κ1) is 13.5. The van der Waals surface area contributed by atoms with Crippen LogP contribution in [-0.2, 0) is 13.1 Å². The Kier molecular flexibility index (Phi) is 4.12. The molecule has 0 unspecified atom stereocenters. The zero-order valence-corrected chi connectivity index (χ0v) is 10.7. The maximum Gasteiger partial charge on any atom is 0.125 e. The first-order chi connectivity index (χ1) is 9.08. The Balaban J connectivity index is 2.17. The lowest BCUT2D eigenvalue weighted by atomic mass is 10.1. The fraction of sp³-hybridized carbons (Fsp3) is 0.200. The molecule has 0 saturated carbocycles. The highest BCUT2D eigenvalue weighted by Crippen LogP contribution is 2.19. The van der Waals surface area contributed by atoms with E-state index in [4.69, 9.17) is 5.73 Å². The normalized spacial score (nSPS) is 10.5. The zero-order valence-electron chi connectivity index (χ0n) is 10.7. The smallest absolute Gasteiger partial charge is 0.125 e. The van der Waals surface area contributed by atoms with Crippen molar-refractivity contribution in [2.45, 2.75) is 13.1 Å². The minimum Gasteiger partial charge on any atom is -0.370 e. The van der Waals surface area contributed by atoms with Gasteiger partial charge in [0.25, 0.3) is 0 Å². The molecule has 0 aromatic heterocycles. The number of nitrogens with zero attached hydrogens (tertiary/aromatic N) is 1. The number of anilines is 1. The Labute approximate surface area is 111 Å². The third-order valence-electron chi connectivity index (χ3n) is 2.95. The van der Waals surface area contributed by atoms with Gasteiger partial charge in [-0.2, -0.15) is 0 Å². The minimum atomic E-state index is -0.302. The molecule has 0 fully saturated rings. The fourth-order valence-corrected chi connectivity index (χ4v) is 1.93. The zero-order chi connectivity index (χ0) is 13.8. The largest absolute Gasteiger partial charge is 0.370 e. The summed E-state index contributed by atoms with van der Waals surface area (Å²) in [5, 5.41) is 0. The van der Waals surface area contributed by atoms with E-state index >= 15 is 0 Å². The second kappa shape index (κ2) is 5.80. The maximum atomic E-state index is 13.4. The van der Waals surface area contributed by atoms with E-state index in [1.165, 1.54) is 24.3 Å². The molecule has 0 radical (unpaired) electrons. The Bertz CT molecular complexity index is 553. The van der Waals surface area contributed by atoms with Crippen LogP contribution in [-0.4, -0.2) is 7.05 Å². The average Bonchev–Trinajstić information content (AvgIpc) is 2.40. The van der Waals surface area contributed by atoms with Gasteiger partial charge in [0.15, 0.2) is 0 Å². The van der Waals surface area contributed by atoms with Gasteiger partial charge in [-0.1, -0.05) is 12.1 Å². The molecule has 2 nitrogen and oxygen atoms in total. The summed E-state index contributed by atoms with van der Waals surface area (Å²) in [6.45, 7) is 0.878. The molecule has 0 saturated heterocycles. The summed E-state index contributed by atoms with van der Waals surface area (Å²) in [6.07, 6.45) is 0. The van der Waals surface area contributed by atoms with Crippen LogP contribution in [0.3, 0.4) is 0 Å². The summed E-state index contributed by atoms with van der Waals surface area (Å²) in [5.41, 5.74) is 8.00. The number of halogens is 2. The Morgan fingerprint density at radius 1 is 0.947 bits per heavy atom. The SMILES string of the molecule is CN(Cc1ccc(F)cc1)c1cc(F)cc(CN)c1. The van der Waals surface area contributed by atoms with E-state index < -0.39 is 0 Å². The molecule has 0 aliphatic heterocycles. The summed E-state index contributed by atoms with van der Waals surface area (Å²) >= 11 is 0. The third-order valence-corrected chi connectivity index (χ3v) is 2.95. The number of hydrogen-bond donors (Lipinski definition) is 1. The van der Waals surface area contributed by atoms with E-state index in [0.717, 1.165) is 16.8 Å². The molecule has 0 heterocycles. The van der Waals surface area contributed by atoms with Gasteiger partial charge in [0.05, 0.1) is 0 Å². The van der Waals surface area contributed by atoms with Crippen LogP contribution in [0.1, 0.15) is 11.1 Å². The monoisotopic (exact) mass is 262 g/mol. The van der Waals surface area contributed by atoms with Crippen molar-refractivity contribution in [1.29, 1.82) is 0 Å². The van der Waals surface area contributed by atoms with Gasteiger partial charge in [-0.25, -0.2) is 8.78 Å². The minimum absolute atomic E-state index is 0.262. The van der Waals surface area contributed by atoms with Gasteiger partial charge in [-0.3, -0.25) is 0 Å². The molecule has 0 atom stereocenters. The molecular weight excluding hydrogens is 246 g/mol. The first-order valence-corrected chi connectivity index (χ1v) is 6.03. The molecule has 2 N–H and O–H groups in total. The summed E-state index contributed by atoms with van der Waals surface area (Å²) in [6, 6.07) is 11.0. The van der Waals surface area contributed by atoms with E-state index in [1.807, 2.05) is 18.0 Å². The summed E-state index contributed by atoms with van der Waals surface area (Å²) in [7, 11) is 1.86. The van der Waals surface area contributed by atoms with E-state index in [1.54, 1.807) is 12.1 Å². The molecular formula is C15H16F2N2. The van der Waals surface area contributed by atoms with Crippen molar-refractivity contribution in [2.75, 3.05) is 11.9 Å². The van der Waals surface area contributed by atoms with Crippen LogP contribution in [0.2, 0.25) is 0 Å². The molecule has 2 aromatic carbocycles. The second-order valence-electron chi connectivity index (χ2n) is 4.50. The van der Waals surface area contributed by atoms with Crippen molar-refractivity contribution in [3.63, 3.8) is 0 Å². The highest BCUT2D eigenvalue weighted by Gasteiger charge is 2.06. The van der Waals surface area contributed by atoms with Crippen LogP contribution >= 0.6 is 0 Å². The number of hydrogen-bond acceptors (Lipinski definition) is 2. The van der Waals surface area contributed by atoms with E-state index in [9.17, 15) is 8.78 Å². The van der Waals surface area contributed by atoms with Crippen LogP contribution in [0.5, 0.6) is 0 Å². The quantitative estimate of drug-likeness (QED) is 0.917. The van der Waals surface area contributed by atoms with Gasteiger partial charge in [0.1, 0.15) is 11.6 Å². The van der Waals surface area contributed by atoms with Gasteiger partial charge in [0.2, 0.25) is 0 Å². The maximum absolute atomic E-state index is 13.4. The molecule has 4 heteroatoms. The van der Waals surface area contributed by atoms with Crippen LogP contribution in [0.4, 0.5) is 14.5 Å². The second-order valence-corrected chi connectivity index (χ2v) is 4.50. The molecule has 0 spiro atoms. The van der Waals surface area contributed by atoms with Crippen molar-refractivity contribution >= 4 is 5.69 Å². The van der Waals surface area contributed by atoms with Crippen molar-refractivity contribution in [3.8, 4) is 0 Å². The number of nitrogens with two attached hydrogens (primary N) is 1. The molecule has 2 aromatic rings. The van der Waals surface area contributed by atoms with Crippen molar-refractivity contribution < 1.29 is 8.78 Å². The average molecular weight is 262 g/mol. The van der Waals surface area contributed by atoms with E-state index in [-0.39, 0.29) is 11.6 Å². The van der Waals surface area contributed by atoms with E-state index in [0.29, 0.717) is 13.1 Å². The van der Waals surface area contributed by atoms with Gasteiger partial charge in [-0.05, 0) is 41.5 Å². The van der Waals surface area contributed by atoms with Crippen molar-refractivity contribution in [2.24, 2.45) is 5.73 Å². The van der Waals surface area contributed by atoms with Crippen LogP contribution in [0, 0.1) is 11.6 Å². The van der Waals surface area contributed by atoms with Gasteiger partial charge < -0.3 is 10.6 Å². The van der Waals surface area contributed by atoms with E-state index in [2.05, 4.69) is 0 Å². The Hall–Kier alpha value is -1.94. The summed E-state index contributed by atoms with van der Waals surface area (Å²) in [4.78, 5) is 1.90. The molecule has 0 aliphatic carbocycles. The summed E-state index contributed by atoms with van der Waals surface area (Å²) in [5.74, 6) is -0.563. The molecule has 0 bridgehead atoms. The summed E-state index contributed by atoms with van der Waals surface area (Å²) < 4.78 is 26.3. The lowest BCUT2D eigenvalue weighted by Crippen LogP contribution is -2.17. The lowest BCUT2D eigenvalue weighted by Gasteiger charge is -2.20. The van der Waals surface area contributed by atoms with Gasteiger partial charge in [0, 0.05) is 25.8 Å². The topological polar surface area (TPSA) is 29.3 Å². The first-order valence-electron chi connectivity index (χ1n) is 6.03. The predicted molar refractivity (Wildman–Crippen MR) is 72.8 cm³/mol. The third kappa shape index (κ3) is 3.51. The van der Waals surface area contributed by atoms with Crippen molar-refractivity contribution in [1.82, 2.24) is 0 Å². The molecule has 0 amide bonds. The fourth-order valence-electron chi connectivity index (χ4n) is 1.93. The molecule has 19 heavy (non-hydrogen) atoms. The van der Waals surface area contributed by atoms with Crippen LogP contribution in [0.15, 0.2) is 42.5 Å². The van der Waals surface area contributed by atoms with Crippen molar-refractivity contribution in [3.05, 3.63) is 65.2 Å². The van der Waals surface area contributed by atoms with Gasteiger partial charge in [-0.15, -0.1) is 0 Å². The Morgan fingerprint density at radius 3 is 2.26 bits per heavy atom. The lowest BCUT2D eigenvalue weighted by molar-refractivity contribution is 0.624. The molecule has 0 aliphatic rings.